The lowest BCUT2D eigenvalue weighted by Crippen LogP contribution is -2.14. The molecule has 2 heterocycles. The third-order valence-electron chi connectivity index (χ3n) is 2.86. The Balaban J connectivity index is 2.35. The molecule has 10 heteroatoms. The Morgan fingerprint density at radius 3 is 2.67 bits per heavy atom. The van der Waals surface area contributed by atoms with Crippen LogP contribution in [-0.2, 0) is 0 Å². The zero-order chi connectivity index (χ0) is 17.7. The summed E-state index contributed by atoms with van der Waals surface area (Å²) in [6.45, 7) is 1.57. The first-order chi connectivity index (χ1) is 11.4. The molecule has 9 nitrogen and oxygen atoms in total. The van der Waals surface area contributed by atoms with Gasteiger partial charge in [0.1, 0.15) is 35.6 Å². The lowest BCUT2D eigenvalue weighted by molar-refractivity contribution is -0.384. The van der Waals surface area contributed by atoms with Crippen LogP contribution in [0.25, 0.3) is 0 Å². The van der Waals surface area contributed by atoms with E-state index in [0.29, 0.717) is 5.56 Å². The summed E-state index contributed by atoms with van der Waals surface area (Å²) < 4.78 is 0. The first-order valence-corrected chi connectivity index (χ1v) is 6.95. The maximum Gasteiger partial charge on any atom is 0.310 e. The highest BCUT2D eigenvalue weighted by molar-refractivity contribution is 6.33. The molecule has 0 aliphatic heterocycles. The van der Waals surface area contributed by atoms with E-state index in [2.05, 4.69) is 20.6 Å². The zero-order valence-electron chi connectivity index (χ0n) is 12.3. The van der Waals surface area contributed by atoms with Crippen LogP contribution in [-0.4, -0.2) is 20.9 Å². The van der Waals surface area contributed by atoms with Gasteiger partial charge < -0.3 is 10.6 Å². The summed E-state index contributed by atoms with van der Waals surface area (Å²) in [4.78, 5) is 18.4. The number of nitriles is 2. The highest BCUT2D eigenvalue weighted by Crippen LogP contribution is 2.29. The highest BCUT2D eigenvalue weighted by Gasteiger charge is 2.17. The van der Waals surface area contributed by atoms with E-state index in [0.717, 1.165) is 6.20 Å². The molecule has 0 radical (unpaired) electrons. The molecule has 1 atom stereocenters. The van der Waals surface area contributed by atoms with Crippen LogP contribution in [0.2, 0.25) is 5.02 Å². The lowest BCUT2D eigenvalue weighted by atomic mass is 10.2. The molecule has 0 aromatic carbocycles. The van der Waals surface area contributed by atoms with Crippen LogP contribution in [0.3, 0.4) is 0 Å². The molecule has 0 saturated carbocycles. The molecule has 1 unspecified atom stereocenters. The summed E-state index contributed by atoms with van der Waals surface area (Å²) in [7, 11) is 0. The van der Waals surface area contributed by atoms with Gasteiger partial charge in [0.15, 0.2) is 0 Å². The fourth-order valence-corrected chi connectivity index (χ4v) is 1.97. The maximum absolute atomic E-state index is 11.0. The van der Waals surface area contributed by atoms with Gasteiger partial charge in [-0.25, -0.2) is 9.97 Å². The van der Waals surface area contributed by atoms with Crippen LogP contribution in [0.1, 0.15) is 12.5 Å². The molecule has 2 rings (SSSR count). The van der Waals surface area contributed by atoms with Gasteiger partial charge in [-0.3, -0.25) is 10.1 Å². The predicted octanol–water partition coefficient (Wildman–Crippen LogP) is 2.98. The van der Waals surface area contributed by atoms with Crippen molar-refractivity contribution in [2.45, 2.75) is 13.0 Å². The number of rotatable bonds is 5. The first-order valence-electron chi connectivity index (χ1n) is 6.58. The largest absolute Gasteiger partial charge is 0.364 e. The minimum atomic E-state index is -0.629. The van der Waals surface area contributed by atoms with Crippen molar-refractivity contribution in [3.05, 3.63) is 45.2 Å². The number of anilines is 3. The van der Waals surface area contributed by atoms with Crippen molar-refractivity contribution in [1.29, 1.82) is 10.5 Å². The Hall–Kier alpha value is -3.43. The SMILES string of the molecule is CC(C#N)Nc1cc(Nc2ncc(C#N)cc2Cl)ncc1[N+](=O)[O-]. The van der Waals surface area contributed by atoms with Crippen LogP contribution in [0.5, 0.6) is 0 Å². The minimum Gasteiger partial charge on any atom is -0.364 e. The first kappa shape index (κ1) is 16.9. The summed E-state index contributed by atoms with van der Waals surface area (Å²) in [5.74, 6) is 0.489. The van der Waals surface area contributed by atoms with Crippen molar-refractivity contribution in [2.24, 2.45) is 0 Å². The summed E-state index contributed by atoms with van der Waals surface area (Å²) in [5, 5.41) is 34.4. The zero-order valence-corrected chi connectivity index (χ0v) is 13.1. The number of nitrogens with one attached hydrogen (secondary N) is 2. The van der Waals surface area contributed by atoms with Gasteiger partial charge >= 0.3 is 5.69 Å². The van der Waals surface area contributed by atoms with E-state index in [-0.39, 0.29) is 28.0 Å². The Morgan fingerprint density at radius 2 is 2.08 bits per heavy atom. The second-order valence-electron chi connectivity index (χ2n) is 4.63. The molecule has 2 aromatic heterocycles. The smallest absolute Gasteiger partial charge is 0.310 e. The molecule has 0 fully saturated rings. The van der Waals surface area contributed by atoms with E-state index >= 15 is 0 Å². The molecule has 0 spiro atoms. The molecule has 0 amide bonds. The summed E-state index contributed by atoms with van der Waals surface area (Å²) >= 11 is 6.02. The van der Waals surface area contributed by atoms with Crippen LogP contribution < -0.4 is 10.6 Å². The van der Waals surface area contributed by atoms with Gasteiger partial charge in [0.2, 0.25) is 0 Å². The van der Waals surface area contributed by atoms with Crippen molar-refractivity contribution >= 4 is 34.6 Å². The maximum atomic E-state index is 11.0. The molecule has 2 N–H and O–H groups in total. The molecular weight excluding hydrogens is 334 g/mol. The normalized spacial score (nSPS) is 11.0. The summed E-state index contributed by atoms with van der Waals surface area (Å²) in [6, 6.07) is 6.02. The van der Waals surface area contributed by atoms with E-state index < -0.39 is 11.0 Å². The van der Waals surface area contributed by atoms with Crippen LogP contribution in [0.4, 0.5) is 23.0 Å². The van der Waals surface area contributed by atoms with E-state index in [1.165, 1.54) is 18.3 Å². The van der Waals surface area contributed by atoms with E-state index in [1.807, 2.05) is 12.1 Å². The van der Waals surface area contributed by atoms with Gasteiger partial charge in [-0.2, -0.15) is 10.5 Å². The molecule has 0 aliphatic carbocycles. The van der Waals surface area contributed by atoms with Crippen molar-refractivity contribution in [2.75, 3.05) is 10.6 Å². The number of hydrogen-bond acceptors (Lipinski definition) is 8. The van der Waals surface area contributed by atoms with Crippen molar-refractivity contribution in [3.63, 3.8) is 0 Å². The average Bonchev–Trinajstić information content (AvgIpc) is 2.56. The number of hydrogen-bond donors (Lipinski definition) is 2. The van der Waals surface area contributed by atoms with Gasteiger partial charge in [0.25, 0.3) is 0 Å². The van der Waals surface area contributed by atoms with Gasteiger partial charge in [-0.05, 0) is 13.0 Å². The average molecular weight is 344 g/mol. The van der Waals surface area contributed by atoms with E-state index in [1.54, 1.807) is 6.92 Å². The minimum absolute atomic E-state index is 0.135. The summed E-state index contributed by atoms with van der Waals surface area (Å²) in [5.41, 5.74) is 0.172. The molecular formula is C14H10ClN7O2. The monoisotopic (exact) mass is 343 g/mol. The molecule has 0 aliphatic rings. The number of halogens is 1. The molecule has 0 saturated heterocycles. The second kappa shape index (κ2) is 7.22. The van der Waals surface area contributed by atoms with Gasteiger partial charge in [-0.1, -0.05) is 11.6 Å². The Morgan fingerprint density at radius 1 is 1.33 bits per heavy atom. The second-order valence-corrected chi connectivity index (χ2v) is 5.04. The van der Waals surface area contributed by atoms with Gasteiger partial charge in [-0.15, -0.1) is 0 Å². The van der Waals surface area contributed by atoms with Crippen LogP contribution in [0.15, 0.2) is 24.5 Å². The molecule has 24 heavy (non-hydrogen) atoms. The number of nitro groups is 1. The standard InChI is InChI=1S/C14H10ClN7O2/c1-8(4-16)20-11-3-13(18-7-12(11)22(23)24)21-14-10(15)2-9(5-17)6-19-14/h2-3,6-8H,1H3,(H2,18,19,20,21). The predicted molar refractivity (Wildman–Crippen MR) is 86.8 cm³/mol. The number of pyridine rings is 2. The summed E-state index contributed by atoms with van der Waals surface area (Å²) in [6.07, 6.45) is 2.39. The van der Waals surface area contributed by atoms with E-state index in [9.17, 15) is 10.1 Å². The highest BCUT2D eigenvalue weighted by atomic mass is 35.5. The number of nitrogens with zero attached hydrogens (tertiary/aromatic N) is 5. The van der Waals surface area contributed by atoms with Crippen molar-refractivity contribution < 1.29 is 4.92 Å². The molecule has 2 aromatic rings. The fourth-order valence-electron chi connectivity index (χ4n) is 1.76. The lowest BCUT2D eigenvalue weighted by Gasteiger charge is -2.11. The third-order valence-corrected chi connectivity index (χ3v) is 3.15. The fraction of sp³-hybridized carbons (Fsp3) is 0.143. The molecule has 120 valence electrons. The van der Waals surface area contributed by atoms with E-state index in [4.69, 9.17) is 22.1 Å². The van der Waals surface area contributed by atoms with Crippen LogP contribution >= 0.6 is 11.6 Å². The van der Waals surface area contributed by atoms with Gasteiger partial charge in [0.05, 0.1) is 21.6 Å². The topological polar surface area (TPSA) is 141 Å². The van der Waals surface area contributed by atoms with Crippen molar-refractivity contribution in [1.82, 2.24) is 9.97 Å². The third kappa shape index (κ3) is 3.85. The van der Waals surface area contributed by atoms with Crippen LogP contribution in [0, 0.1) is 32.8 Å². The van der Waals surface area contributed by atoms with Crippen molar-refractivity contribution in [3.8, 4) is 12.1 Å². The Labute approximate surface area is 141 Å². The Bertz CT molecular complexity index is 872. The number of aromatic nitrogens is 2. The molecule has 0 bridgehead atoms. The van der Waals surface area contributed by atoms with Gasteiger partial charge in [0, 0.05) is 12.3 Å². The Kier molecular flexibility index (Phi) is 5.09. The quantitative estimate of drug-likeness (QED) is 0.623.